The van der Waals surface area contributed by atoms with Crippen molar-refractivity contribution in [3.63, 3.8) is 0 Å². The van der Waals surface area contributed by atoms with E-state index >= 15 is 0 Å². The van der Waals surface area contributed by atoms with Crippen LogP contribution in [0.3, 0.4) is 0 Å². The molecule has 4 heteroatoms. The van der Waals surface area contributed by atoms with Crippen LogP contribution in [0.5, 0.6) is 0 Å². The first-order chi connectivity index (χ1) is 10.2. The fraction of sp³-hybridized carbons (Fsp3) is 0.588. The van der Waals surface area contributed by atoms with Crippen LogP contribution in [-0.4, -0.2) is 31.1 Å². The zero-order valence-corrected chi connectivity index (χ0v) is 13.1. The molecule has 0 radical (unpaired) electrons. The predicted molar refractivity (Wildman–Crippen MR) is 84.0 cm³/mol. The molecule has 0 spiro atoms. The predicted octanol–water partition coefficient (Wildman–Crippen LogP) is 3.31. The molecule has 1 aliphatic carbocycles. The van der Waals surface area contributed by atoms with E-state index < -0.39 is 0 Å². The van der Waals surface area contributed by atoms with Gasteiger partial charge in [-0.25, -0.2) is 4.79 Å². The minimum absolute atomic E-state index is 0.0269. The van der Waals surface area contributed by atoms with Crippen molar-refractivity contribution >= 4 is 6.03 Å². The molecule has 4 nitrogen and oxygen atoms in total. The van der Waals surface area contributed by atoms with Crippen LogP contribution in [0.2, 0.25) is 0 Å². The maximum atomic E-state index is 12.2. The highest BCUT2D eigenvalue weighted by molar-refractivity contribution is 5.74. The van der Waals surface area contributed by atoms with Gasteiger partial charge in [-0.3, -0.25) is 0 Å². The number of urea groups is 1. The minimum Gasteiger partial charge on any atom is -0.380 e. The van der Waals surface area contributed by atoms with Gasteiger partial charge in [-0.05, 0) is 24.0 Å². The average Bonchev–Trinajstić information content (AvgIpc) is 2.53. The number of amides is 2. The van der Waals surface area contributed by atoms with Crippen molar-refractivity contribution in [2.24, 2.45) is 0 Å². The largest absolute Gasteiger partial charge is 0.380 e. The molecule has 2 amide bonds. The maximum absolute atomic E-state index is 12.2. The van der Waals surface area contributed by atoms with E-state index in [0.717, 1.165) is 24.0 Å². The van der Waals surface area contributed by atoms with E-state index in [4.69, 9.17) is 4.74 Å². The highest BCUT2D eigenvalue weighted by Crippen LogP contribution is 2.21. The van der Waals surface area contributed by atoms with Crippen molar-refractivity contribution < 1.29 is 9.53 Å². The molecule has 2 rings (SSSR count). The lowest BCUT2D eigenvalue weighted by molar-refractivity contribution is 0.173. The molecular weight excluding hydrogens is 264 g/mol. The van der Waals surface area contributed by atoms with Crippen LogP contribution in [0.15, 0.2) is 24.3 Å². The third-order valence-electron chi connectivity index (χ3n) is 4.19. The fourth-order valence-corrected chi connectivity index (χ4v) is 2.93. The number of rotatable bonds is 5. The molecule has 0 atom stereocenters. The van der Waals surface area contributed by atoms with E-state index in [9.17, 15) is 4.79 Å². The first kappa shape index (κ1) is 15.8. The Balaban J connectivity index is 1.83. The van der Waals surface area contributed by atoms with Crippen molar-refractivity contribution in [1.82, 2.24) is 10.2 Å². The first-order valence-corrected chi connectivity index (χ1v) is 7.78. The zero-order valence-electron chi connectivity index (χ0n) is 13.1. The van der Waals surface area contributed by atoms with Crippen molar-refractivity contribution in [2.75, 3.05) is 14.2 Å². The summed E-state index contributed by atoms with van der Waals surface area (Å²) >= 11 is 0. The normalized spacial score (nSPS) is 15.7. The van der Waals surface area contributed by atoms with Gasteiger partial charge in [0.05, 0.1) is 6.61 Å². The van der Waals surface area contributed by atoms with Crippen LogP contribution < -0.4 is 5.32 Å². The van der Waals surface area contributed by atoms with Crippen LogP contribution >= 0.6 is 0 Å². The summed E-state index contributed by atoms with van der Waals surface area (Å²) in [5.41, 5.74) is 2.24. The summed E-state index contributed by atoms with van der Waals surface area (Å²) in [6.07, 6.45) is 6.04. The molecule has 0 aliphatic heterocycles. The molecule has 1 aromatic carbocycles. The van der Waals surface area contributed by atoms with Crippen LogP contribution in [0.25, 0.3) is 0 Å². The van der Waals surface area contributed by atoms with Gasteiger partial charge in [0.15, 0.2) is 0 Å². The van der Waals surface area contributed by atoms with Crippen molar-refractivity contribution in [3.05, 3.63) is 35.4 Å². The molecule has 0 aromatic heterocycles. The number of nitrogens with zero attached hydrogens (tertiary/aromatic N) is 1. The summed E-state index contributed by atoms with van der Waals surface area (Å²) in [5, 5.41) is 3.01. The van der Waals surface area contributed by atoms with Gasteiger partial charge >= 0.3 is 6.03 Å². The number of methoxy groups -OCH3 is 1. The smallest absolute Gasteiger partial charge is 0.317 e. The maximum Gasteiger partial charge on any atom is 0.317 e. The number of ether oxygens (including phenoxy) is 1. The minimum atomic E-state index is 0.0269. The topological polar surface area (TPSA) is 41.6 Å². The number of carbonyl (C=O) groups is 1. The molecule has 1 N–H and O–H groups in total. The highest BCUT2D eigenvalue weighted by Gasteiger charge is 2.21. The van der Waals surface area contributed by atoms with Crippen LogP contribution in [0.1, 0.15) is 43.2 Å². The molecular formula is C17H26N2O2. The number of hydrogen-bond acceptors (Lipinski definition) is 2. The monoisotopic (exact) mass is 290 g/mol. The molecule has 1 fully saturated rings. The van der Waals surface area contributed by atoms with E-state index in [1.54, 1.807) is 7.11 Å². The Labute approximate surface area is 127 Å². The first-order valence-electron chi connectivity index (χ1n) is 7.78. The second kappa shape index (κ2) is 8.03. The Kier molecular flexibility index (Phi) is 6.05. The lowest BCUT2D eigenvalue weighted by Gasteiger charge is -2.31. The van der Waals surface area contributed by atoms with Gasteiger partial charge < -0.3 is 15.0 Å². The molecule has 0 heterocycles. The SMILES string of the molecule is COCc1cccc(CNC(=O)N(C)C2CCCCC2)c1. The van der Waals surface area contributed by atoms with E-state index in [2.05, 4.69) is 11.4 Å². The third kappa shape index (κ3) is 4.74. The van der Waals surface area contributed by atoms with Gasteiger partial charge in [0.2, 0.25) is 0 Å². The van der Waals surface area contributed by atoms with Crippen molar-refractivity contribution in [2.45, 2.75) is 51.3 Å². The summed E-state index contributed by atoms with van der Waals surface area (Å²) in [5.74, 6) is 0. The van der Waals surface area contributed by atoms with Crippen LogP contribution in [0, 0.1) is 0 Å². The number of nitrogens with one attached hydrogen (secondary N) is 1. The Bertz CT molecular complexity index is 456. The highest BCUT2D eigenvalue weighted by atomic mass is 16.5. The lowest BCUT2D eigenvalue weighted by atomic mass is 9.95. The molecule has 0 unspecified atom stereocenters. The summed E-state index contributed by atoms with van der Waals surface area (Å²) in [6.45, 7) is 1.16. The van der Waals surface area contributed by atoms with Crippen molar-refractivity contribution in [3.8, 4) is 0 Å². The quantitative estimate of drug-likeness (QED) is 0.904. The molecule has 1 aliphatic rings. The van der Waals surface area contributed by atoms with E-state index in [1.807, 2.05) is 30.1 Å². The molecule has 21 heavy (non-hydrogen) atoms. The fourth-order valence-electron chi connectivity index (χ4n) is 2.93. The Morgan fingerprint density at radius 2 is 2.00 bits per heavy atom. The average molecular weight is 290 g/mol. The zero-order chi connectivity index (χ0) is 15.1. The number of hydrogen-bond donors (Lipinski definition) is 1. The molecule has 1 saturated carbocycles. The molecule has 0 bridgehead atoms. The van der Waals surface area contributed by atoms with Gasteiger partial charge in [-0.15, -0.1) is 0 Å². The molecule has 0 saturated heterocycles. The van der Waals surface area contributed by atoms with Gasteiger partial charge in [0.25, 0.3) is 0 Å². The summed E-state index contributed by atoms with van der Waals surface area (Å²) < 4.78 is 5.13. The van der Waals surface area contributed by atoms with E-state index in [0.29, 0.717) is 19.2 Å². The lowest BCUT2D eigenvalue weighted by Crippen LogP contribution is -2.44. The number of carbonyl (C=O) groups excluding carboxylic acids is 1. The summed E-state index contributed by atoms with van der Waals surface area (Å²) in [6, 6.07) is 8.56. The Hall–Kier alpha value is -1.55. The van der Waals surface area contributed by atoms with E-state index in [1.165, 1.54) is 19.3 Å². The second-order valence-electron chi connectivity index (χ2n) is 5.81. The van der Waals surface area contributed by atoms with Crippen LogP contribution in [0.4, 0.5) is 4.79 Å². The summed E-state index contributed by atoms with van der Waals surface area (Å²) in [4.78, 5) is 14.1. The van der Waals surface area contributed by atoms with Crippen LogP contribution in [-0.2, 0) is 17.9 Å². The second-order valence-corrected chi connectivity index (χ2v) is 5.81. The van der Waals surface area contributed by atoms with Crippen molar-refractivity contribution in [1.29, 1.82) is 0 Å². The Morgan fingerprint density at radius 1 is 1.29 bits per heavy atom. The molecule has 1 aromatic rings. The van der Waals surface area contributed by atoms with Gasteiger partial charge in [0.1, 0.15) is 0 Å². The molecule has 116 valence electrons. The number of benzene rings is 1. The third-order valence-corrected chi connectivity index (χ3v) is 4.19. The van der Waals surface area contributed by atoms with Gasteiger partial charge in [-0.2, -0.15) is 0 Å². The van der Waals surface area contributed by atoms with Gasteiger partial charge in [0, 0.05) is 26.7 Å². The van der Waals surface area contributed by atoms with E-state index in [-0.39, 0.29) is 6.03 Å². The Morgan fingerprint density at radius 3 is 2.71 bits per heavy atom. The standard InChI is InChI=1S/C17H26N2O2/c1-19(16-9-4-3-5-10-16)17(20)18-12-14-7-6-8-15(11-14)13-21-2/h6-8,11,16H,3-5,9-10,12-13H2,1-2H3,(H,18,20). The van der Waals surface area contributed by atoms with Gasteiger partial charge in [-0.1, -0.05) is 43.5 Å². The summed E-state index contributed by atoms with van der Waals surface area (Å²) in [7, 11) is 3.60.